The third kappa shape index (κ3) is 4.14. The van der Waals surface area contributed by atoms with Gasteiger partial charge in [-0.3, -0.25) is 14.0 Å². The van der Waals surface area contributed by atoms with Crippen LogP contribution < -0.4 is 25.6 Å². The summed E-state index contributed by atoms with van der Waals surface area (Å²) >= 11 is 0. The number of hydrogen-bond acceptors (Lipinski definition) is 12. The van der Waals surface area contributed by atoms with Crippen molar-refractivity contribution in [3.05, 3.63) is 35.9 Å². The molecule has 0 aliphatic carbocycles. The van der Waals surface area contributed by atoms with Crippen LogP contribution in [0.3, 0.4) is 0 Å². The molecule has 1 unspecified atom stereocenters. The van der Waals surface area contributed by atoms with E-state index in [1.54, 1.807) is 23.0 Å². The fraction of sp³-hybridized carbons (Fsp3) is 0.391. The topological polar surface area (TPSA) is 167 Å². The van der Waals surface area contributed by atoms with E-state index in [-0.39, 0.29) is 30.5 Å². The lowest BCUT2D eigenvalue weighted by Crippen LogP contribution is -2.52. The molecule has 0 bridgehead atoms. The van der Waals surface area contributed by atoms with Crippen LogP contribution in [0, 0.1) is 6.92 Å². The van der Waals surface area contributed by atoms with Crippen LogP contribution in [0.15, 0.2) is 24.7 Å². The number of aryl methyl sites for hydroxylation is 1. The molecule has 3 aromatic heterocycles. The maximum Gasteiger partial charge on any atom is 0.401 e. The zero-order chi connectivity index (χ0) is 26.3. The molecule has 5 rings (SSSR count). The minimum absolute atomic E-state index is 0.0999. The van der Waals surface area contributed by atoms with Crippen molar-refractivity contribution >= 4 is 41.3 Å². The SMILES string of the molecule is COc1nc2nc(C)cn2cc1N1c2nccc(N3CCN[C@H](C)C3)c2CC1(OC=O)OC(=O)C(N)=O. The molecule has 14 heteroatoms. The maximum atomic E-state index is 12.5. The summed E-state index contributed by atoms with van der Waals surface area (Å²) in [7, 11) is 1.42. The molecule has 0 radical (unpaired) electrons. The second-order valence-corrected chi connectivity index (χ2v) is 8.85. The zero-order valence-corrected chi connectivity index (χ0v) is 20.5. The second-order valence-electron chi connectivity index (χ2n) is 8.85. The van der Waals surface area contributed by atoms with Crippen LogP contribution in [0.25, 0.3) is 5.78 Å². The average molecular weight is 511 g/mol. The van der Waals surface area contributed by atoms with Gasteiger partial charge in [-0.25, -0.2) is 19.7 Å². The molecule has 3 aromatic rings. The summed E-state index contributed by atoms with van der Waals surface area (Å²) in [5, 5.41) is 3.40. The van der Waals surface area contributed by atoms with Crippen molar-refractivity contribution in [1.29, 1.82) is 0 Å². The summed E-state index contributed by atoms with van der Waals surface area (Å²) in [5.41, 5.74) is 7.62. The lowest BCUT2D eigenvalue weighted by molar-refractivity contribution is -0.214. The third-order valence-corrected chi connectivity index (χ3v) is 6.31. The molecule has 2 aliphatic heterocycles. The number of carbonyl (C=O) groups excluding carboxylic acids is 3. The van der Waals surface area contributed by atoms with E-state index in [0.29, 0.717) is 35.9 Å². The normalized spacial score (nSPS) is 21.0. The fourth-order valence-electron chi connectivity index (χ4n) is 4.83. The van der Waals surface area contributed by atoms with Gasteiger partial charge in [0.15, 0.2) is 0 Å². The van der Waals surface area contributed by atoms with Crippen LogP contribution in [0.5, 0.6) is 5.88 Å². The van der Waals surface area contributed by atoms with Crippen molar-refractivity contribution < 1.29 is 28.6 Å². The Morgan fingerprint density at radius 3 is 2.78 bits per heavy atom. The summed E-state index contributed by atoms with van der Waals surface area (Å²) in [6, 6.07) is 2.08. The Kier molecular flexibility index (Phi) is 6.03. The highest BCUT2D eigenvalue weighted by atomic mass is 16.8. The Hall–Kier alpha value is -4.46. The smallest absolute Gasteiger partial charge is 0.401 e. The fourth-order valence-corrected chi connectivity index (χ4v) is 4.83. The highest BCUT2D eigenvalue weighted by molar-refractivity contribution is 6.31. The highest BCUT2D eigenvalue weighted by Gasteiger charge is 2.55. The number of ether oxygens (including phenoxy) is 3. The van der Waals surface area contributed by atoms with E-state index in [4.69, 9.17) is 19.9 Å². The van der Waals surface area contributed by atoms with Gasteiger partial charge in [0.25, 0.3) is 6.47 Å². The molecular weight excluding hydrogens is 484 g/mol. The van der Waals surface area contributed by atoms with Crippen molar-refractivity contribution in [2.75, 3.05) is 36.5 Å². The number of amides is 1. The minimum Gasteiger partial charge on any atom is -0.479 e. The zero-order valence-electron chi connectivity index (χ0n) is 20.5. The number of anilines is 3. The van der Waals surface area contributed by atoms with Gasteiger partial charge < -0.3 is 30.2 Å². The quantitative estimate of drug-likeness (QED) is 0.194. The maximum absolute atomic E-state index is 12.5. The van der Waals surface area contributed by atoms with Crippen LogP contribution in [0.4, 0.5) is 17.2 Å². The van der Waals surface area contributed by atoms with Crippen molar-refractivity contribution in [2.45, 2.75) is 32.2 Å². The number of carbonyl (C=O) groups is 3. The standard InChI is InChI=1S/C23H26N8O6/c1-13-9-29(7-6-25-13)16-4-5-26-19-15(16)8-23(36-12-32,37-21(34)18(24)33)31(19)17-11-30-10-14(2)27-22(30)28-20(17)35-3/h4-5,10-13,25H,6-9H2,1-3H3,(H2,24,33)/t13-,23?/m1/s1. The van der Waals surface area contributed by atoms with E-state index in [1.807, 2.05) is 13.0 Å². The van der Waals surface area contributed by atoms with Gasteiger partial charge in [0.1, 0.15) is 11.5 Å². The molecule has 37 heavy (non-hydrogen) atoms. The van der Waals surface area contributed by atoms with E-state index in [9.17, 15) is 14.4 Å². The number of primary amides is 1. The van der Waals surface area contributed by atoms with Crippen LogP contribution in [-0.2, 0) is 30.3 Å². The van der Waals surface area contributed by atoms with E-state index in [0.717, 1.165) is 12.2 Å². The largest absolute Gasteiger partial charge is 0.479 e. The predicted octanol–water partition coefficient (Wildman–Crippen LogP) is -0.211. The van der Waals surface area contributed by atoms with Gasteiger partial charge >= 0.3 is 17.8 Å². The summed E-state index contributed by atoms with van der Waals surface area (Å²) < 4.78 is 18.2. The molecule has 2 atom stereocenters. The lowest BCUT2D eigenvalue weighted by atomic mass is 10.1. The summed E-state index contributed by atoms with van der Waals surface area (Å²) in [4.78, 5) is 52.9. The number of rotatable bonds is 6. The molecule has 0 aromatic carbocycles. The van der Waals surface area contributed by atoms with E-state index < -0.39 is 17.8 Å². The number of hydrogen-bond donors (Lipinski definition) is 2. The van der Waals surface area contributed by atoms with Gasteiger partial charge in [-0.15, -0.1) is 0 Å². The van der Waals surface area contributed by atoms with Gasteiger partial charge in [-0.05, 0) is 19.9 Å². The predicted molar refractivity (Wildman–Crippen MR) is 129 cm³/mol. The number of pyridine rings is 1. The number of fused-ring (bicyclic) bond motifs is 2. The van der Waals surface area contributed by atoms with Gasteiger partial charge in [0, 0.05) is 55.5 Å². The summed E-state index contributed by atoms with van der Waals surface area (Å²) in [5.74, 6) is -4.06. The van der Waals surface area contributed by atoms with E-state index in [1.165, 1.54) is 12.0 Å². The second kappa shape index (κ2) is 9.20. The number of imidazole rings is 1. The van der Waals surface area contributed by atoms with E-state index in [2.05, 4.69) is 32.1 Å². The van der Waals surface area contributed by atoms with Gasteiger partial charge in [-0.2, -0.15) is 4.98 Å². The number of aromatic nitrogens is 4. The van der Waals surface area contributed by atoms with Gasteiger partial charge in [0.2, 0.25) is 11.7 Å². The number of esters is 1. The first-order valence-electron chi connectivity index (χ1n) is 11.6. The van der Waals surface area contributed by atoms with Crippen LogP contribution in [-0.4, -0.2) is 76.4 Å². The Balaban J connectivity index is 1.74. The third-order valence-electron chi connectivity index (χ3n) is 6.31. The molecule has 14 nitrogen and oxygen atoms in total. The Morgan fingerprint density at radius 2 is 2.08 bits per heavy atom. The summed E-state index contributed by atoms with van der Waals surface area (Å²) in [6.45, 7) is 6.22. The number of methoxy groups -OCH3 is 1. The monoisotopic (exact) mass is 510 g/mol. The molecule has 0 saturated carbocycles. The Bertz CT molecular complexity index is 1390. The molecule has 1 fully saturated rings. The van der Waals surface area contributed by atoms with E-state index >= 15 is 0 Å². The first-order valence-corrected chi connectivity index (χ1v) is 11.6. The molecule has 0 spiro atoms. The minimum atomic E-state index is -2.13. The molecule has 1 amide bonds. The number of nitrogens with zero attached hydrogens (tertiary/aromatic N) is 6. The Morgan fingerprint density at radius 1 is 1.27 bits per heavy atom. The first kappa shape index (κ1) is 24.2. The molecule has 2 aliphatic rings. The van der Waals surface area contributed by atoms with Crippen molar-refractivity contribution in [1.82, 2.24) is 24.7 Å². The average Bonchev–Trinajstić information content (AvgIpc) is 3.38. The van der Waals surface area contributed by atoms with Crippen LogP contribution in [0.1, 0.15) is 18.2 Å². The number of nitrogens with two attached hydrogens (primary N) is 1. The van der Waals surface area contributed by atoms with Crippen LogP contribution >= 0.6 is 0 Å². The lowest BCUT2D eigenvalue weighted by Gasteiger charge is -2.35. The molecular formula is C23H26N8O6. The van der Waals surface area contributed by atoms with Gasteiger partial charge in [-0.1, -0.05) is 0 Å². The molecule has 194 valence electrons. The van der Waals surface area contributed by atoms with Gasteiger partial charge in [0.05, 0.1) is 19.2 Å². The number of piperazine rings is 1. The molecule has 5 heterocycles. The summed E-state index contributed by atoms with van der Waals surface area (Å²) in [6.07, 6.45) is 4.86. The molecule has 1 saturated heterocycles. The molecule has 3 N–H and O–H groups in total. The van der Waals surface area contributed by atoms with Crippen molar-refractivity contribution in [3.8, 4) is 5.88 Å². The number of nitrogens with one attached hydrogen (secondary N) is 1. The van der Waals surface area contributed by atoms with Crippen LogP contribution in [0.2, 0.25) is 0 Å². The highest BCUT2D eigenvalue weighted by Crippen LogP contribution is 2.49. The Labute approximate surface area is 211 Å². The first-order chi connectivity index (χ1) is 17.8. The van der Waals surface area contributed by atoms with Crippen molar-refractivity contribution in [2.24, 2.45) is 5.73 Å². The van der Waals surface area contributed by atoms with Crippen molar-refractivity contribution in [3.63, 3.8) is 0 Å².